The van der Waals surface area contributed by atoms with Crippen molar-refractivity contribution in [2.45, 2.75) is 84.3 Å². The number of carbonyl (C=O) groups is 2. The quantitative estimate of drug-likeness (QED) is 0.413. The lowest BCUT2D eigenvalue weighted by molar-refractivity contribution is -0.133. The van der Waals surface area contributed by atoms with Gasteiger partial charge in [0, 0.05) is 17.7 Å². The molecule has 0 aromatic heterocycles. The molecule has 2 aromatic carbocycles. The molecule has 4 rings (SSSR count). The summed E-state index contributed by atoms with van der Waals surface area (Å²) < 4.78 is 14.1. The van der Waals surface area contributed by atoms with E-state index < -0.39 is 5.66 Å². The molecule has 0 radical (unpaired) electrons. The van der Waals surface area contributed by atoms with Crippen LogP contribution in [-0.2, 0) is 4.79 Å². The second-order valence-corrected chi connectivity index (χ2v) is 10.9. The Labute approximate surface area is 220 Å². The fourth-order valence-electron chi connectivity index (χ4n) is 5.91. The molecule has 1 aliphatic carbocycles. The number of hydrogen-bond acceptors (Lipinski definition) is 3. The Morgan fingerprint density at radius 2 is 1.81 bits per heavy atom. The molecule has 2 amide bonds. The molecule has 198 valence electrons. The van der Waals surface area contributed by atoms with E-state index in [1.54, 1.807) is 12.1 Å². The van der Waals surface area contributed by atoms with Crippen molar-refractivity contribution in [2.75, 3.05) is 6.54 Å². The minimum atomic E-state index is -0.624. The number of amides is 2. The number of hydrogen-bond donors (Lipinski definition) is 1. The Hall–Kier alpha value is -3.02. The maximum absolute atomic E-state index is 14.1. The van der Waals surface area contributed by atoms with Gasteiger partial charge in [-0.25, -0.2) is 4.39 Å². The molecule has 1 heterocycles. The van der Waals surface area contributed by atoms with Gasteiger partial charge >= 0.3 is 0 Å². The summed E-state index contributed by atoms with van der Waals surface area (Å²) in [7, 11) is 0. The molecule has 1 atom stereocenters. The maximum Gasteiger partial charge on any atom is 0.275 e. The third-order valence-corrected chi connectivity index (χ3v) is 8.03. The Morgan fingerprint density at radius 1 is 1.11 bits per heavy atom. The Kier molecular flexibility index (Phi) is 8.46. The Morgan fingerprint density at radius 3 is 2.41 bits per heavy atom. The number of carbonyl (C=O) groups excluding carboxylic acids is 2. The van der Waals surface area contributed by atoms with Crippen LogP contribution in [0.4, 0.5) is 4.39 Å². The van der Waals surface area contributed by atoms with Crippen molar-refractivity contribution in [3.05, 3.63) is 71.0 Å². The van der Waals surface area contributed by atoms with Crippen molar-refractivity contribution >= 4 is 17.5 Å². The summed E-state index contributed by atoms with van der Waals surface area (Å²) >= 11 is 0. The van der Waals surface area contributed by atoms with Gasteiger partial charge in [0.05, 0.1) is 6.04 Å². The molecule has 1 unspecified atom stereocenters. The predicted octanol–water partition coefficient (Wildman–Crippen LogP) is 6.68. The summed E-state index contributed by atoms with van der Waals surface area (Å²) in [6, 6.07) is 13.7. The first-order valence-corrected chi connectivity index (χ1v) is 13.9. The normalized spacial score (nSPS) is 22.4. The molecule has 6 heteroatoms. The minimum absolute atomic E-state index is 0.0853. The maximum atomic E-state index is 14.1. The summed E-state index contributed by atoms with van der Waals surface area (Å²) in [4.78, 5) is 33.7. The van der Waals surface area contributed by atoms with Crippen LogP contribution in [0.25, 0.3) is 0 Å². The highest BCUT2D eigenvalue weighted by atomic mass is 19.1. The highest BCUT2D eigenvalue weighted by Crippen LogP contribution is 2.48. The van der Waals surface area contributed by atoms with Crippen molar-refractivity contribution in [3.8, 4) is 0 Å². The van der Waals surface area contributed by atoms with E-state index >= 15 is 0 Å². The minimum Gasteiger partial charge on any atom is -0.352 e. The van der Waals surface area contributed by atoms with Crippen LogP contribution in [0.5, 0.6) is 0 Å². The predicted molar refractivity (Wildman–Crippen MR) is 146 cm³/mol. The standard InChI is InChI=1S/C31H40FN3O2/c1-5-8-27(23-11-13-24(14-12-23)29(36)33-19-6-2)35-30(37)28(25-9-7-10-26(32)20-25)34-31(35)17-15-22(16-18-31)21(3)4/h7,9-14,20-22,27H,5-6,8,15-19H2,1-4H3,(H,33,36). The van der Waals surface area contributed by atoms with Gasteiger partial charge in [0.1, 0.15) is 17.2 Å². The van der Waals surface area contributed by atoms with Crippen molar-refractivity contribution in [2.24, 2.45) is 16.8 Å². The van der Waals surface area contributed by atoms with E-state index in [9.17, 15) is 14.0 Å². The highest BCUT2D eigenvalue weighted by Gasteiger charge is 2.51. The van der Waals surface area contributed by atoms with Crippen molar-refractivity contribution in [1.29, 1.82) is 0 Å². The van der Waals surface area contributed by atoms with Gasteiger partial charge in [0.15, 0.2) is 0 Å². The zero-order valence-electron chi connectivity index (χ0n) is 22.6. The van der Waals surface area contributed by atoms with Gasteiger partial charge < -0.3 is 10.2 Å². The zero-order valence-corrected chi connectivity index (χ0v) is 22.6. The smallest absolute Gasteiger partial charge is 0.275 e. The SMILES string of the molecule is CCCNC(=O)c1ccc(C(CCC)N2C(=O)C(c3cccc(F)c3)=NC23CCC(C(C)C)CC3)cc1. The lowest BCUT2D eigenvalue weighted by Crippen LogP contribution is -2.51. The summed E-state index contributed by atoms with van der Waals surface area (Å²) in [5, 5.41) is 2.92. The monoisotopic (exact) mass is 505 g/mol. The molecule has 1 fully saturated rings. The molecular weight excluding hydrogens is 465 g/mol. The van der Waals surface area contributed by atoms with Crippen LogP contribution in [-0.4, -0.2) is 34.6 Å². The third kappa shape index (κ3) is 5.63. The molecule has 1 spiro atoms. The highest BCUT2D eigenvalue weighted by molar-refractivity contribution is 6.46. The van der Waals surface area contributed by atoms with E-state index in [1.807, 2.05) is 36.1 Å². The van der Waals surface area contributed by atoms with Gasteiger partial charge in [0.25, 0.3) is 11.8 Å². The first-order valence-electron chi connectivity index (χ1n) is 13.9. The van der Waals surface area contributed by atoms with E-state index in [0.29, 0.717) is 35.2 Å². The molecule has 1 aliphatic heterocycles. The van der Waals surface area contributed by atoms with E-state index in [1.165, 1.54) is 12.1 Å². The van der Waals surface area contributed by atoms with E-state index in [4.69, 9.17) is 4.99 Å². The van der Waals surface area contributed by atoms with E-state index in [0.717, 1.165) is 50.5 Å². The fraction of sp³-hybridized carbons (Fsp3) is 0.516. The number of aliphatic imine (C=N–C) groups is 1. The number of rotatable bonds is 9. The summed E-state index contributed by atoms with van der Waals surface area (Å²) in [5.41, 5.74) is 1.89. The van der Waals surface area contributed by atoms with Crippen LogP contribution in [0.2, 0.25) is 0 Å². The van der Waals surface area contributed by atoms with Crippen LogP contribution in [0.1, 0.15) is 100 Å². The second-order valence-electron chi connectivity index (χ2n) is 10.9. The average molecular weight is 506 g/mol. The molecule has 1 N–H and O–H groups in total. The molecule has 0 bridgehead atoms. The fourth-order valence-corrected chi connectivity index (χ4v) is 5.91. The van der Waals surface area contributed by atoms with Gasteiger partial charge in [-0.15, -0.1) is 0 Å². The molecule has 2 aromatic rings. The van der Waals surface area contributed by atoms with Gasteiger partial charge in [-0.05, 0) is 80.2 Å². The van der Waals surface area contributed by atoms with Gasteiger partial charge in [0.2, 0.25) is 0 Å². The Bertz CT molecular complexity index is 1130. The lowest BCUT2D eigenvalue weighted by Gasteiger charge is -2.46. The first-order chi connectivity index (χ1) is 17.8. The zero-order chi connectivity index (χ0) is 26.6. The third-order valence-electron chi connectivity index (χ3n) is 8.03. The largest absolute Gasteiger partial charge is 0.352 e. The van der Waals surface area contributed by atoms with Gasteiger partial charge in [-0.3, -0.25) is 14.6 Å². The molecular formula is C31H40FN3O2. The van der Waals surface area contributed by atoms with Crippen LogP contribution >= 0.6 is 0 Å². The molecule has 1 saturated carbocycles. The van der Waals surface area contributed by atoms with Crippen LogP contribution < -0.4 is 5.32 Å². The average Bonchev–Trinajstić information content (AvgIpc) is 3.17. The summed E-state index contributed by atoms with van der Waals surface area (Å²) in [6.45, 7) is 9.31. The van der Waals surface area contributed by atoms with E-state index in [2.05, 4.69) is 26.1 Å². The van der Waals surface area contributed by atoms with Crippen molar-refractivity contribution in [1.82, 2.24) is 10.2 Å². The topological polar surface area (TPSA) is 61.8 Å². The van der Waals surface area contributed by atoms with Gasteiger partial charge in [-0.2, -0.15) is 0 Å². The van der Waals surface area contributed by atoms with E-state index in [-0.39, 0.29) is 23.7 Å². The molecule has 37 heavy (non-hydrogen) atoms. The first kappa shape index (κ1) is 27.0. The molecule has 2 aliphatic rings. The number of nitrogens with one attached hydrogen (secondary N) is 1. The number of halogens is 1. The Balaban J connectivity index is 1.71. The van der Waals surface area contributed by atoms with Crippen LogP contribution in [0.3, 0.4) is 0 Å². The molecule has 0 saturated heterocycles. The molecule has 5 nitrogen and oxygen atoms in total. The summed E-state index contributed by atoms with van der Waals surface area (Å²) in [5.74, 6) is 0.620. The van der Waals surface area contributed by atoms with Crippen molar-refractivity contribution in [3.63, 3.8) is 0 Å². The second kappa shape index (κ2) is 11.6. The number of nitrogens with zero attached hydrogens (tertiary/aromatic N) is 2. The van der Waals surface area contributed by atoms with Gasteiger partial charge in [-0.1, -0.05) is 58.4 Å². The van der Waals surface area contributed by atoms with Crippen molar-refractivity contribution < 1.29 is 14.0 Å². The lowest BCUT2D eigenvalue weighted by atomic mass is 9.76. The van der Waals surface area contributed by atoms with Crippen LogP contribution in [0, 0.1) is 17.7 Å². The summed E-state index contributed by atoms with van der Waals surface area (Å²) in [6.07, 6.45) is 6.19. The van der Waals surface area contributed by atoms with Crippen LogP contribution in [0.15, 0.2) is 53.5 Å². The number of benzene rings is 2.